The van der Waals surface area contributed by atoms with E-state index in [9.17, 15) is 4.79 Å². The quantitative estimate of drug-likeness (QED) is 0.144. The molecule has 2 unspecified atom stereocenters. The topological polar surface area (TPSA) is 84.2 Å². The van der Waals surface area contributed by atoms with E-state index in [2.05, 4.69) is 60.2 Å². The standard InChI is InChI=1S/C33H49N5O3/c1-7-25(6)31(41-24-29-30(14-16-35-33(29)34)37-18-20-40-21-19-37)13-12-26(8-2)27(9-3)15-17-36(11-5)28-22-38(23-28)32(39)10-4/h1,10,12-14,16,25,27-28H,4,8-9,11,15,17-24H2,2-3,5-6H3,(H2,34,35)/b26-12+,31-13+. The summed E-state index contributed by atoms with van der Waals surface area (Å²) >= 11 is 0. The minimum Gasteiger partial charge on any atom is -0.492 e. The van der Waals surface area contributed by atoms with Gasteiger partial charge in [0, 0.05) is 44.1 Å². The number of nitrogens with two attached hydrogens (primary N) is 1. The number of nitrogens with zero attached hydrogens (tertiary/aromatic N) is 4. The SMILES string of the molecule is C#CC(C)/C(=C\C=C(/CC)C(CC)CCN(CC)C1CN(C(=O)C=C)C1)OCc1c(N2CCOCC2)ccnc1N. The fourth-order valence-electron chi connectivity index (χ4n) is 5.60. The second kappa shape index (κ2) is 16.2. The molecule has 1 amide bonds. The van der Waals surface area contributed by atoms with Crippen LogP contribution < -0.4 is 10.6 Å². The Morgan fingerprint density at radius 3 is 2.66 bits per heavy atom. The Morgan fingerprint density at radius 1 is 1.32 bits per heavy atom. The lowest BCUT2D eigenvalue weighted by molar-refractivity contribution is -0.133. The van der Waals surface area contributed by atoms with Crippen LogP contribution in [-0.2, 0) is 20.9 Å². The van der Waals surface area contributed by atoms with Gasteiger partial charge < -0.3 is 25.0 Å². The normalized spacial score (nSPS) is 18.0. The number of carbonyl (C=O) groups excluding carboxylic acids is 1. The van der Waals surface area contributed by atoms with E-state index in [0.29, 0.717) is 37.6 Å². The Hall–Kier alpha value is -3.28. The van der Waals surface area contributed by atoms with Gasteiger partial charge in [-0.25, -0.2) is 4.98 Å². The molecule has 1 aromatic rings. The highest BCUT2D eigenvalue weighted by atomic mass is 16.5. The van der Waals surface area contributed by atoms with E-state index in [1.54, 1.807) is 6.20 Å². The maximum atomic E-state index is 11.9. The number of amides is 1. The number of pyridine rings is 1. The molecule has 2 aliphatic rings. The van der Waals surface area contributed by atoms with Crippen LogP contribution in [0.5, 0.6) is 0 Å². The van der Waals surface area contributed by atoms with E-state index < -0.39 is 0 Å². The van der Waals surface area contributed by atoms with Crippen LogP contribution in [0.25, 0.3) is 0 Å². The third kappa shape index (κ3) is 8.61. The van der Waals surface area contributed by atoms with E-state index >= 15 is 0 Å². The van der Waals surface area contributed by atoms with Crippen LogP contribution in [0.1, 0.15) is 52.5 Å². The molecule has 0 aliphatic carbocycles. The average molecular weight is 564 g/mol. The smallest absolute Gasteiger partial charge is 0.246 e. The zero-order valence-corrected chi connectivity index (χ0v) is 25.5. The molecule has 2 N–H and O–H groups in total. The number of morpholine rings is 1. The van der Waals surface area contributed by atoms with Crippen molar-refractivity contribution in [2.24, 2.45) is 11.8 Å². The lowest BCUT2D eigenvalue weighted by Crippen LogP contribution is -2.60. The number of carbonyl (C=O) groups is 1. The Labute approximate surface area is 247 Å². The highest BCUT2D eigenvalue weighted by Gasteiger charge is 2.33. The Kier molecular flexibility index (Phi) is 12.8. The summed E-state index contributed by atoms with van der Waals surface area (Å²) in [7, 11) is 0. The summed E-state index contributed by atoms with van der Waals surface area (Å²) in [6.07, 6.45) is 16.3. The summed E-state index contributed by atoms with van der Waals surface area (Å²) < 4.78 is 11.9. The first-order valence-corrected chi connectivity index (χ1v) is 15.1. The first-order chi connectivity index (χ1) is 19.9. The summed E-state index contributed by atoms with van der Waals surface area (Å²) in [6.45, 7) is 19.1. The Morgan fingerprint density at radius 2 is 2.05 bits per heavy atom. The van der Waals surface area contributed by atoms with Gasteiger partial charge in [-0.15, -0.1) is 6.42 Å². The van der Waals surface area contributed by atoms with E-state index in [1.807, 2.05) is 17.9 Å². The van der Waals surface area contributed by atoms with Gasteiger partial charge >= 0.3 is 0 Å². The van der Waals surface area contributed by atoms with Crippen LogP contribution in [-0.4, -0.2) is 79.2 Å². The number of anilines is 2. The van der Waals surface area contributed by atoms with Crippen molar-refractivity contribution in [3.05, 3.63) is 54.0 Å². The molecule has 2 saturated heterocycles. The molecule has 0 aromatic carbocycles. The van der Waals surface area contributed by atoms with Gasteiger partial charge in [-0.1, -0.05) is 44.9 Å². The predicted octanol–water partition coefficient (Wildman–Crippen LogP) is 4.64. The lowest BCUT2D eigenvalue weighted by Gasteiger charge is -2.45. The van der Waals surface area contributed by atoms with Gasteiger partial charge in [0.1, 0.15) is 18.2 Å². The largest absolute Gasteiger partial charge is 0.492 e. The number of hydrogen-bond donors (Lipinski definition) is 1. The van der Waals surface area contributed by atoms with Crippen LogP contribution in [0.2, 0.25) is 0 Å². The zero-order valence-electron chi connectivity index (χ0n) is 25.5. The van der Waals surface area contributed by atoms with Gasteiger partial charge in [0.15, 0.2) is 0 Å². The molecule has 3 heterocycles. The molecule has 41 heavy (non-hydrogen) atoms. The van der Waals surface area contributed by atoms with Gasteiger partial charge in [-0.05, 0) is 63.4 Å². The second-order valence-corrected chi connectivity index (χ2v) is 10.8. The van der Waals surface area contributed by atoms with E-state index in [4.69, 9.17) is 21.6 Å². The van der Waals surface area contributed by atoms with Gasteiger partial charge in [0.25, 0.3) is 0 Å². The van der Waals surface area contributed by atoms with Gasteiger partial charge in [-0.3, -0.25) is 9.69 Å². The monoisotopic (exact) mass is 563 g/mol. The number of allylic oxidation sites excluding steroid dienone is 4. The van der Waals surface area contributed by atoms with Crippen molar-refractivity contribution in [1.29, 1.82) is 0 Å². The highest BCUT2D eigenvalue weighted by Crippen LogP contribution is 2.29. The number of likely N-dealkylation sites (tertiary alicyclic amines) is 1. The number of terminal acetylenes is 1. The maximum Gasteiger partial charge on any atom is 0.246 e. The molecule has 2 fully saturated rings. The van der Waals surface area contributed by atoms with Crippen LogP contribution >= 0.6 is 0 Å². The summed E-state index contributed by atoms with van der Waals surface area (Å²) in [4.78, 5) is 22.8. The number of likely N-dealkylation sites (N-methyl/N-ethyl adjacent to an activating group) is 1. The number of rotatable bonds is 15. The molecule has 3 rings (SSSR count). The van der Waals surface area contributed by atoms with Crippen LogP contribution in [0, 0.1) is 24.2 Å². The molecule has 8 nitrogen and oxygen atoms in total. The minimum absolute atomic E-state index is 0.0227. The molecule has 8 heteroatoms. The van der Waals surface area contributed by atoms with Gasteiger partial charge in [0.2, 0.25) is 5.91 Å². The molecule has 0 bridgehead atoms. The van der Waals surface area contributed by atoms with E-state index in [0.717, 1.165) is 75.5 Å². The second-order valence-electron chi connectivity index (χ2n) is 10.8. The van der Waals surface area contributed by atoms with Gasteiger partial charge in [0.05, 0.1) is 24.7 Å². The summed E-state index contributed by atoms with van der Waals surface area (Å²) in [5, 5.41) is 0. The van der Waals surface area contributed by atoms with Crippen molar-refractivity contribution >= 4 is 17.4 Å². The highest BCUT2D eigenvalue weighted by molar-refractivity contribution is 5.87. The molecule has 1 aromatic heterocycles. The fourth-order valence-corrected chi connectivity index (χ4v) is 5.60. The van der Waals surface area contributed by atoms with Crippen LogP contribution in [0.15, 0.2) is 48.4 Å². The molecule has 224 valence electrons. The number of nitrogen functional groups attached to an aromatic ring is 1. The van der Waals surface area contributed by atoms with Gasteiger partial charge in [-0.2, -0.15) is 0 Å². The predicted molar refractivity (Wildman–Crippen MR) is 167 cm³/mol. The third-order valence-electron chi connectivity index (χ3n) is 8.40. The number of ether oxygens (including phenoxy) is 2. The van der Waals surface area contributed by atoms with Crippen LogP contribution in [0.4, 0.5) is 11.5 Å². The van der Waals surface area contributed by atoms with Crippen molar-refractivity contribution in [2.45, 2.75) is 59.6 Å². The fraction of sp³-hybridized carbons (Fsp3) is 0.576. The first kappa shape index (κ1) is 32.2. The first-order valence-electron chi connectivity index (χ1n) is 15.1. The maximum absolute atomic E-state index is 11.9. The molecule has 0 saturated carbocycles. The van der Waals surface area contributed by atoms with Crippen LogP contribution in [0.3, 0.4) is 0 Å². The number of hydrogen-bond acceptors (Lipinski definition) is 7. The molecular formula is C33H49N5O3. The average Bonchev–Trinajstić information content (AvgIpc) is 2.98. The Balaban J connectivity index is 1.70. The molecule has 0 radical (unpaired) electrons. The molecular weight excluding hydrogens is 514 g/mol. The van der Waals surface area contributed by atoms with Crippen molar-refractivity contribution in [1.82, 2.24) is 14.8 Å². The zero-order chi connectivity index (χ0) is 29.8. The molecule has 2 aliphatic heterocycles. The Bertz CT molecular complexity index is 1110. The summed E-state index contributed by atoms with van der Waals surface area (Å²) in [5.74, 6) is 4.36. The van der Waals surface area contributed by atoms with E-state index in [1.165, 1.54) is 11.6 Å². The summed E-state index contributed by atoms with van der Waals surface area (Å²) in [5.41, 5.74) is 9.61. The van der Waals surface area contributed by atoms with E-state index in [-0.39, 0.29) is 11.8 Å². The molecule has 2 atom stereocenters. The van der Waals surface area contributed by atoms with Crippen molar-refractivity contribution < 1.29 is 14.3 Å². The minimum atomic E-state index is -0.176. The number of aromatic nitrogens is 1. The third-order valence-corrected chi connectivity index (χ3v) is 8.40. The van der Waals surface area contributed by atoms with Crippen molar-refractivity contribution in [2.75, 3.05) is 63.1 Å². The van der Waals surface area contributed by atoms with Crippen molar-refractivity contribution in [3.63, 3.8) is 0 Å². The summed E-state index contributed by atoms with van der Waals surface area (Å²) in [6, 6.07) is 2.42. The lowest BCUT2D eigenvalue weighted by atomic mass is 9.90. The molecule has 0 spiro atoms. The van der Waals surface area contributed by atoms with Crippen molar-refractivity contribution in [3.8, 4) is 12.3 Å².